The van der Waals surface area contributed by atoms with Gasteiger partial charge >= 0.3 is 0 Å². The topological polar surface area (TPSA) is 398 Å². The van der Waals surface area contributed by atoms with Crippen molar-refractivity contribution in [1.29, 1.82) is 0 Å². The van der Waals surface area contributed by atoms with E-state index < -0.39 is 84.1 Å². The van der Waals surface area contributed by atoms with Crippen molar-refractivity contribution in [3.63, 3.8) is 0 Å². The van der Waals surface area contributed by atoms with Gasteiger partial charge in [-0.2, -0.15) is 46.6 Å². The van der Waals surface area contributed by atoms with Crippen molar-refractivity contribution in [3.05, 3.63) is 96.3 Å². The second-order valence-electron chi connectivity index (χ2n) is 13.7. The Morgan fingerprint density at radius 2 is 0.900 bits per heavy atom. The van der Waals surface area contributed by atoms with Crippen molar-refractivity contribution in [2.45, 2.75) is 33.4 Å². The number of azo groups is 2. The molecule has 0 saturated heterocycles. The summed E-state index contributed by atoms with van der Waals surface area (Å²) in [6, 6.07) is 16.5. The minimum Gasteiger partial charge on any atom is -0.492 e. The van der Waals surface area contributed by atoms with Crippen LogP contribution in [-0.4, -0.2) is 108 Å². The van der Waals surface area contributed by atoms with Crippen LogP contribution in [0.5, 0.6) is 11.8 Å². The molecule has 0 aliphatic heterocycles. The van der Waals surface area contributed by atoms with Crippen LogP contribution in [0.4, 0.5) is 22.7 Å². The Kier molecular flexibility index (Phi) is 17.2. The summed E-state index contributed by atoms with van der Waals surface area (Å²) in [6.07, 6.45) is 0. The number of aryl methyl sites for hydroxylation is 2. The van der Waals surface area contributed by atoms with Crippen molar-refractivity contribution in [3.8, 4) is 34.3 Å². The van der Waals surface area contributed by atoms with Crippen molar-refractivity contribution < 1.29 is 90.6 Å². The molecule has 0 unspecified atom stereocenters. The average molecular weight is 1090 g/mol. The predicted octanol–water partition coefficient (Wildman–Crippen LogP) is 6.63. The highest BCUT2D eigenvalue weighted by atomic mass is 32.2. The first-order chi connectivity index (χ1) is 33.1. The quantitative estimate of drug-likeness (QED) is 0.00979. The maximum absolute atomic E-state index is 12.7. The molecule has 28 nitrogen and oxygen atoms in total. The highest BCUT2D eigenvalue weighted by Crippen LogP contribution is 2.40. The molecule has 0 radical (unpaired) electrons. The molecule has 4 aromatic carbocycles. The van der Waals surface area contributed by atoms with E-state index >= 15 is 0 Å². The minimum atomic E-state index is -5.17. The normalized spacial score (nSPS) is 12.7. The van der Waals surface area contributed by atoms with Gasteiger partial charge in [0, 0.05) is 11.1 Å². The fourth-order valence-corrected chi connectivity index (χ4v) is 10.4. The lowest BCUT2D eigenvalue weighted by Crippen LogP contribution is -2.11. The molecule has 0 aliphatic rings. The van der Waals surface area contributed by atoms with Crippen LogP contribution in [-0.2, 0) is 67.0 Å². The SMILES string of the molecule is Cc1nn(-c2ccc(S(=O)(=O)CCOSOOO)cc2)c(O)c1N=Nc1ccc(-c2ccc(N=Nc3c(C)nn(-c4ccc(S(=O)(=O)CCOSOOO)cc4)c3O)cc2S(=O)(=O)O)c(S(=O)(=O)O)c1. The lowest BCUT2D eigenvalue weighted by molar-refractivity contribution is -0.434. The maximum Gasteiger partial charge on any atom is 0.295 e. The highest BCUT2D eigenvalue weighted by molar-refractivity contribution is 7.92. The Balaban J connectivity index is 1.23. The summed E-state index contributed by atoms with van der Waals surface area (Å²) in [6.45, 7) is 2.26. The molecule has 0 saturated carbocycles. The molecule has 0 atom stereocenters. The van der Waals surface area contributed by atoms with E-state index in [1.807, 2.05) is 0 Å². The molecule has 0 bridgehead atoms. The van der Waals surface area contributed by atoms with Gasteiger partial charge in [0.05, 0.1) is 68.6 Å². The summed E-state index contributed by atoms with van der Waals surface area (Å²) in [5, 5.41) is 69.2. The maximum atomic E-state index is 12.7. The molecule has 6 N–H and O–H groups in total. The standard InChI is InChI=1S/C36H34N8O20S6/c1-21-33(35(45)43(41-21)25-5-9-27(10-6-25)67(49,50)17-15-59-65-63-61-47)39-37-23-3-13-29(31(19-23)69(53,54)55)30-14-4-24(20-32(30)70(56,57)58)38-40-34-22(2)42-44(36(34)46)26-7-11-28(12-8-26)68(51,52)18-16-60-66-64-62-48/h3-14,19-20,45-48H,15-18H2,1-2H3,(H,53,54,55)(H,56,57,58). The number of aromatic nitrogens is 4. The predicted molar refractivity (Wildman–Crippen MR) is 241 cm³/mol. The van der Waals surface area contributed by atoms with E-state index in [0.29, 0.717) is 0 Å². The van der Waals surface area contributed by atoms with Crippen LogP contribution >= 0.6 is 24.6 Å². The second kappa shape index (κ2) is 22.5. The lowest BCUT2D eigenvalue weighted by Gasteiger charge is -2.12. The van der Waals surface area contributed by atoms with Crippen LogP contribution < -0.4 is 0 Å². The fraction of sp³-hybridized carbons (Fsp3) is 0.167. The van der Waals surface area contributed by atoms with E-state index in [4.69, 9.17) is 18.9 Å². The van der Waals surface area contributed by atoms with Gasteiger partial charge in [0.2, 0.25) is 11.8 Å². The van der Waals surface area contributed by atoms with Gasteiger partial charge in [-0.15, -0.1) is 18.9 Å². The molecule has 0 aliphatic carbocycles. The summed E-state index contributed by atoms with van der Waals surface area (Å²) in [5.41, 5.74) is -1.06. The van der Waals surface area contributed by atoms with Gasteiger partial charge in [0.1, 0.15) is 9.79 Å². The lowest BCUT2D eigenvalue weighted by atomic mass is 10.0. The van der Waals surface area contributed by atoms with E-state index in [1.165, 1.54) is 74.5 Å². The zero-order valence-corrected chi connectivity index (χ0v) is 40.2. The number of hydrogen-bond acceptors (Lipinski definition) is 26. The zero-order valence-electron chi connectivity index (χ0n) is 35.3. The molecule has 0 spiro atoms. The van der Waals surface area contributed by atoms with E-state index in [9.17, 15) is 53.0 Å². The van der Waals surface area contributed by atoms with Crippen LogP contribution in [0.1, 0.15) is 11.4 Å². The van der Waals surface area contributed by atoms with Gasteiger partial charge < -0.3 is 10.2 Å². The van der Waals surface area contributed by atoms with Gasteiger partial charge in [0.15, 0.2) is 55.7 Å². The molecule has 2 aromatic heterocycles. The smallest absolute Gasteiger partial charge is 0.295 e. The van der Waals surface area contributed by atoms with Gasteiger partial charge in [-0.25, -0.2) is 27.4 Å². The van der Waals surface area contributed by atoms with Crippen LogP contribution in [0, 0.1) is 13.8 Å². The highest BCUT2D eigenvalue weighted by Gasteiger charge is 2.26. The minimum absolute atomic E-state index is 0.0993. The van der Waals surface area contributed by atoms with E-state index in [0.717, 1.165) is 33.6 Å². The monoisotopic (exact) mass is 1090 g/mol. The van der Waals surface area contributed by atoms with Crippen molar-refractivity contribution in [1.82, 2.24) is 19.6 Å². The average Bonchev–Trinajstić information content (AvgIpc) is 3.77. The molecule has 0 fully saturated rings. The summed E-state index contributed by atoms with van der Waals surface area (Å²) < 4.78 is 142. The number of hydrogen-bond donors (Lipinski definition) is 6. The fourth-order valence-electron chi connectivity index (χ4n) is 6.09. The van der Waals surface area contributed by atoms with Gasteiger partial charge in [-0.05, 0) is 86.6 Å². The van der Waals surface area contributed by atoms with Gasteiger partial charge in [-0.3, -0.25) is 17.5 Å². The Bertz CT molecular complexity index is 3160. The molecule has 34 heteroatoms. The second-order valence-corrected chi connectivity index (χ2v) is 21.8. The largest absolute Gasteiger partial charge is 0.492 e. The Morgan fingerprint density at radius 1 is 0.543 bits per heavy atom. The first kappa shape index (κ1) is 53.5. The van der Waals surface area contributed by atoms with Gasteiger partial charge in [0.25, 0.3) is 20.2 Å². The number of benzene rings is 4. The van der Waals surface area contributed by atoms with Crippen LogP contribution in [0.3, 0.4) is 0 Å². The number of sulfone groups is 2. The third-order valence-electron chi connectivity index (χ3n) is 9.28. The molecule has 0 amide bonds. The Labute approximate surface area is 404 Å². The van der Waals surface area contributed by atoms with E-state index in [2.05, 4.69) is 49.4 Å². The molecular formula is C36H34N8O20S6. The summed E-state index contributed by atoms with van der Waals surface area (Å²) >= 11 is 0.430. The van der Waals surface area contributed by atoms with Crippen LogP contribution in [0.2, 0.25) is 0 Å². The first-order valence-corrected chi connectivity index (χ1v) is 26.4. The summed E-state index contributed by atoms with van der Waals surface area (Å²) in [7, 11) is -18.0. The number of rotatable bonds is 23. The van der Waals surface area contributed by atoms with Crippen molar-refractivity contribution >= 4 is 87.3 Å². The molecule has 70 heavy (non-hydrogen) atoms. The molecule has 2 heterocycles. The van der Waals surface area contributed by atoms with E-state index in [1.54, 1.807) is 0 Å². The zero-order chi connectivity index (χ0) is 51.0. The Morgan fingerprint density at radius 3 is 1.23 bits per heavy atom. The van der Waals surface area contributed by atoms with Gasteiger partial charge in [-0.1, -0.05) is 22.2 Å². The van der Waals surface area contributed by atoms with Crippen LogP contribution in [0.15, 0.2) is 125 Å². The molecule has 6 rings (SSSR count). The molecule has 6 aromatic rings. The summed E-state index contributed by atoms with van der Waals surface area (Å²) in [4.78, 5) is -1.95. The van der Waals surface area contributed by atoms with Crippen molar-refractivity contribution in [2.24, 2.45) is 20.5 Å². The van der Waals surface area contributed by atoms with Crippen LogP contribution in [0.25, 0.3) is 22.5 Å². The third kappa shape index (κ3) is 12.9. The third-order valence-corrected chi connectivity index (χ3v) is 15.2. The molecule has 374 valence electrons. The van der Waals surface area contributed by atoms with E-state index in [-0.39, 0.29) is 93.2 Å². The Hall–Kier alpha value is -5.80. The molecular weight excluding hydrogens is 1060 g/mol. The number of nitrogens with zero attached hydrogens (tertiary/aromatic N) is 8. The van der Waals surface area contributed by atoms with Crippen molar-refractivity contribution in [2.75, 3.05) is 24.7 Å². The summed E-state index contributed by atoms with van der Waals surface area (Å²) in [5.74, 6) is -2.04. The first-order valence-electron chi connectivity index (χ1n) is 18.9. The number of aromatic hydroxyl groups is 2.